The highest BCUT2D eigenvalue weighted by Crippen LogP contribution is 2.37. The number of ether oxygens (including phenoxy) is 2. The average molecular weight is 542 g/mol. The minimum atomic E-state index is -5.11. The van der Waals surface area contributed by atoms with Gasteiger partial charge in [0, 0.05) is 30.6 Å². The topological polar surface area (TPSA) is 114 Å². The molecule has 4 rings (SSSR count). The Kier molecular flexibility index (Phi) is 7.64. The van der Waals surface area contributed by atoms with Crippen LogP contribution in [0.15, 0.2) is 47.4 Å². The molecule has 0 aromatic heterocycles. The Morgan fingerprint density at radius 2 is 1.78 bits per heavy atom. The van der Waals surface area contributed by atoms with E-state index >= 15 is 0 Å². The Morgan fingerprint density at radius 1 is 1.05 bits per heavy atom. The molecule has 9 nitrogen and oxygen atoms in total. The molecule has 2 amide bonds. The van der Waals surface area contributed by atoms with Crippen molar-refractivity contribution < 1.29 is 40.7 Å². The van der Waals surface area contributed by atoms with Crippen LogP contribution >= 0.6 is 0 Å². The number of carbonyl (C=O) groups is 2. The van der Waals surface area contributed by atoms with E-state index in [1.54, 1.807) is 18.2 Å². The number of sulfonamides is 1. The van der Waals surface area contributed by atoms with Crippen LogP contribution in [0.4, 0.5) is 13.2 Å². The van der Waals surface area contributed by atoms with E-state index in [1.807, 2.05) is 6.92 Å². The average Bonchev–Trinajstić information content (AvgIpc) is 3.23. The van der Waals surface area contributed by atoms with Crippen LogP contribution in [-0.2, 0) is 14.8 Å². The van der Waals surface area contributed by atoms with Crippen LogP contribution in [0.25, 0.3) is 0 Å². The lowest BCUT2D eigenvalue weighted by Crippen LogP contribution is -2.47. The fourth-order valence-corrected chi connectivity index (χ4v) is 6.53. The molecule has 4 bridgehead atoms. The third kappa shape index (κ3) is 6.16. The molecule has 0 unspecified atom stereocenters. The molecule has 0 aliphatic carbocycles. The van der Waals surface area contributed by atoms with Crippen LogP contribution in [0.2, 0.25) is 0 Å². The summed E-state index contributed by atoms with van der Waals surface area (Å²) in [5, 5.41) is 5.40. The second kappa shape index (κ2) is 10.6. The molecule has 200 valence electrons. The number of hydrogen-bond acceptors (Lipinski definition) is 6. The van der Waals surface area contributed by atoms with Gasteiger partial charge in [0.05, 0.1) is 6.54 Å². The Hall–Kier alpha value is -3.32. The van der Waals surface area contributed by atoms with Crippen LogP contribution in [0.3, 0.4) is 0 Å². The summed E-state index contributed by atoms with van der Waals surface area (Å²) in [5.41, 5.74) is 1.09. The molecule has 37 heavy (non-hydrogen) atoms. The monoisotopic (exact) mass is 541 g/mol. The number of nitrogens with one attached hydrogen (secondary N) is 2. The van der Waals surface area contributed by atoms with Gasteiger partial charge in [-0.1, -0.05) is 18.2 Å². The van der Waals surface area contributed by atoms with Gasteiger partial charge in [-0.2, -0.15) is 4.31 Å². The number of aryl methyl sites for hydroxylation is 1. The number of alkyl halides is 3. The zero-order valence-electron chi connectivity index (χ0n) is 19.9. The van der Waals surface area contributed by atoms with Gasteiger partial charge in [0.15, 0.2) is 0 Å². The van der Waals surface area contributed by atoms with E-state index in [4.69, 9.17) is 4.74 Å². The third-order valence-corrected chi connectivity index (χ3v) is 8.28. The molecular formula is C24H26F3N3O6S. The fraction of sp³-hybridized carbons (Fsp3) is 0.417. The molecule has 13 heteroatoms. The first-order chi connectivity index (χ1) is 17.5. The van der Waals surface area contributed by atoms with Crippen molar-refractivity contribution in [1.29, 1.82) is 0 Å². The molecule has 0 radical (unpaired) electrons. The summed E-state index contributed by atoms with van der Waals surface area (Å²) < 4.78 is 77.1. The van der Waals surface area contributed by atoms with Gasteiger partial charge in [-0.15, -0.1) is 13.2 Å². The Morgan fingerprint density at radius 3 is 2.54 bits per heavy atom. The number of carbonyl (C=O) groups excluding carboxylic acids is 2. The van der Waals surface area contributed by atoms with Crippen LogP contribution < -0.4 is 20.1 Å². The number of nitrogens with zero attached hydrogens (tertiary/aromatic N) is 1. The molecular weight excluding hydrogens is 515 g/mol. The lowest BCUT2D eigenvalue weighted by molar-refractivity contribution is -0.275. The van der Waals surface area contributed by atoms with E-state index in [-0.39, 0.29) is 32.5 Å². The standard InChI is InChI=1S/C24H26F3N3O6S/c1-15-6-7-16-12-20(15)35-11-10-28-22(31)13-17-8-9-18(14-29-23(16)32)30(17)37(33,34)21-5-3-2-4-19(21)36-24(25,26)27/h2-7,12,17-18H,8-11,13-14H2,1H3,(H,28,31)(H,29,32)/t17-,18+/m0/s1. The normalized spacial score (nSPS) is 21.7. The Labute approximate surface area is 212 Å². The summed E-state index contributed by atoms with van der Waals surface area (Å²) in [6.07, 6.45) is -4.74. The van der Waals surface area contributed by atoms with Crippen molar-refractivity contribution in [3.63, 3.8) is 0 Å². The second-order valence-corrected chi connectivity index (χ2v) is 10.6. The molecule has 2 aromatic carbocycles. The van der Waals surface area contributed by atoms with Gasteiger partial charge in [0.2, 0.25) is 15.9 Å². The number of hydrogen-bond donors (Lipinski definition) is 2. The first-order valence-corrected chi connectivity index (χ1v) is 13.1. The van der Waals surface area contributed by atoms with Gasteiger partial charge in [-0.3, -0.25) is 9.59 Å². The molecule has 0 spiro atoms. The minimum absolute atomic E-state index is 0.109. The van der Waals surface area contributed by atoms with Crippen molar-refractivity contribution in [2.24, 2.45) is 0 Å². The fourth-order valence-electron chi connectivity index (χ4n) is 4.55. The van der Waals surface area contributed by atoms with Gasteiger partial charge >= 0.3 is 6.36 Å². The minimum Gasteiger partial charge on any atom is -0.491 e. The highest BCUT2D eigenvalue weighted by Gasteiger charge is 2.45. The zero-order chi connectivity index (χ0) is 26.8. The van der Waals surface area contributed by atoms with Gasteiger partial charge in [-0.05, 0) is 49.6 Å². The molecule has 1 fully saturated rings. The van der Waals surface area contributed by atoms with E-state index in [0.717, 1.165) is 22.0 Å². The van der Waals surface area contributed by atoms with Crippen LogP contribution in [-0.4, -0.2) is 62.7 Å². The number of rotatable bonds is 3. The molecule has 2 heterocycles. The number of benzene rings is 2. The first-order valence-electron chi connectivity index (χ1n) is 11.6. The summed E-state index contributed by atoms with van der Waals surface area (Å²) in [4.78, 5) is 24.8. The Bertz CT molecular complexity index is 1280. The third-order valence-electron chi connectivity index (χ3n) is 6.23. The summed E-state index contributed by atoms with van der Waals surface area (Å²) in [5.74, 6) is -1.29. The van der Waals surface area contributed by atoms with Crippen molar-refractivity contribution in [2.45, 2.75) is 49.5 Å². The molecule has 2 aliphatic rings. The molecule has 1 saturated heterocycles. The van der Waals surface area contributed by atoms with Crippen molar-refractivity contribution in [3.05, 3.63) is 53.6 Å². The smallest absolute Gasteiger partial charge is 0.491 e. The number of para-hydroxylation sites is 1. The van der Waals surface area contributed by atoms with E-state index < -0.39 is 50.9 Å². The van der Waals surface area contributed by atoms with Crippen molar-refractivity contribution in [3.8, 4) is 11.5 Å². The number of halogens is 3. The van der Waals surface area contributed by atoms with E-state index in [9.17, 15) is 31.2 Å². The maximum absolute atomic E-state index is 13.7. The lowest BCUT2D eigenvalue weighted by atomic mass is 10.1. The molecule has 2 aliphatic heterocycles. The first kappa shape index (κ1) is 26.7. The van der Waals surface area contributed by atoms with Crippen molar-refractivity contribution in [2.75, 3.05) is 19.7 Å². The van der Waals surface area contributed by atoms with E-state index in [0.29, 0.717) is 17.7 Å². The van der Waals surface area contributed by atoms with Gasteiger partial charge in [-0.25, -0.2) is 8.42 Å². The maximum Gasteiger partial charge on any atom is 0.573 e. The van der Waals surface area contributed by atoms with Gasteiger partial charge in [0.1, 0.15) is 23.0 Å². The summed E-state index contributed by atoms with van der Waals surface area (Å²) in [6, 6.07) is 7.70. The van der Waals surface area contributed by atoms with Gasteiger partial charge < -0.3 is 20.1 Å². The van der Waals surface area contributed by atoms with Crippen LogP contribution in [0.1, 0.15) is 35.2 Å². The summed E-state index contributed by atoms with van der Waals surface area (Å²) in [7, 11) is -4.56. The zero-order valence-corrected chi connectivity index (χ0v) is 20.7. The highest BCUT2D eigenvalue weighted by molar-refractivity contribution is 7.89. The second-order valence-electron chi connectivity index (χ2n) is 8.81. The van der Waals surface area contributed by atoms with Crippen molar-refractivity contribution in [1.82, 2.24) is 14.9 Å². The number of fused-ring (bicyclic) bond motifs is 4. The highest BCUT2D eigenvalue weighted by atomic mass is 32.2. The summed E-state index contributed by atoms with van der Waals surface area (Å²) >= 11 is 0. The van der Waals surface area contributed by atoms with Crippen molar-refractivity contribution >= 4 is 21.8 Å². The quantitative estimate of drug-likeness (QED) is 0.618. The predicted octanol–water partition coefficient (Wildman–Crippen LogP) is 2.74. The number of amides is 2. The molecule has 2 aromatic rings. The SMILES string of the molecule is Cc1ccc2cc1OCCNC(=O)C[C@@H]1CC[C@H](CNC2=O)N1S(=O)(=O)c1ccccc1OC(F)(F)F. The summed E-state index contributed by atoms with van der Waals surface area (Å²) in [6.45, 7) is 1.96. The largest absolute Gasteiger partial charge is 0.573 e. The predicted molar refractivity (Wildman–Crippen MR) is 126 cm³/mol. The Balaban J connectivity index is 1.69. The molecule has 2 atom stereocenters. The lowest BCUT2D eigenvalue weighted by Gasteiger charge is -2.30. The van der Waals surface area contributed by atoms with E-state index in [1.165, 1.54) is 12.1 Å². The molecule has 2 N–H and O–H groups in total. The van der Waals surface area contributed by atoms with Gasteiger partial charge in [0.25, 0.3) is 5.91 Å². The maximum atomic E-state index is 13.7. The van der Waals surface area contributed by atoms with Crippen LogP contribution in [0, 0.1) is 6.92 Å². The van der Waals surface area contributed by atoms with Crippen LogP contribution in [0.5, 0.6) is 11.5 Å². The van der Waals surface area contributed by atoms with E-state index in [2.05, 4.69) is 15.4 Å². The molecule has 0 saturated carbocycles.